The van der Waals surface area contributed by atoms with Gasteiger partial charge in [-0.15, -0.1) is 0 Å². The van der Waals surface area contributed by atoms with Crippen molar-refractivity contribution in [1.82, 2.24) is 4.98 Å². The van der Waals surface area contributed by atoms with Gasteiger partial charge >= 0.3 is 0 Å². The van der Waals surface area contributed by atoms with E-state index >= 15 is 0 Å². The molecule has 2 aromatic heterocycles. The van der Waals surface area contributed by atoms with E-state index in [0.717, 1.165) is 77.9 Å². The van der Waals surface area contributed by atoms with Crippen LogP contribution in [-0.2, 0) is 0 Å². The summed E-state index contributed by atoms with van der Waals surface area (Å²) < 4.78 is 13.1. The molecule has 250 valence electrons. The van der Waals surface area contributed by atoms with Crippen LogP contribution < -0.4 is 4.90 Å². The number of oxazole rings is 1. The van der Waals surface area contributed by atoms with Gasteiger partial charge < -0.3 is 13.7 Å². The lowest BCUT2D eigenvalue weighted by Gasteiger charge is -2.28. The number of para-hydroxylation sites is 2. The van der Waals surface area contributed by atoms with Crippen LogP contribution in [0.5, 0.6) is 0 Å². The zero-order valence-electron chi connectivity index (χ0n) is 28.7. The first-order valence-electron chi connectivity index (χ1n) is 17.8. The van der Waals surface area contributed by atoms with E-state index in [-0.39, 0.29) is 0 Å². The fourth-order valence-corrected chi connectivity index (χ4v) is 7.39. The Balaban J connectivity index is 1.16. The molecule has 0 fully saturated rings. The predicted molar refractivity (Wildman–Crippen MR) is 218 cm³/mol. The fraction of sp³-hybridized carbons (Fsp3) is 0. The normalized spacial score (nSPS) is 11.4. The van der Waals surface area contributed by atoms with Gasteiger partial charge in [0.15, 0.2) is 5.58 Å². The van der Waals surface area contributed by atoms with Crippen LogP contribution in [0.2, 0.25) is 0 Å². The second-order valence-electron chi connectivity index (χ2n) is 13.1. The minimum atomic E-state index is 0.582. The summed E-state index contributed by atoms with van der Waals surface area (Å²) in [7, 11) is 0. The van der Waals surface area contributed by atoms with E-state index < -0.39 is 0 Å². The van der Waals surface area contributed by atoms with Crippen molar-refractivity contribution < 1.29 is 8.83 Å². The minimum absolute atomic E-state index is 0.582. The molecule has 0 aliphatic rings. The molecule has 0 bridgehead atoms. The summed E-state index contributed by atoms with van der Waals surface area (Å²) in [6.07, 6.45) is 0. The molecule has 0 aliphatic carbocycles. The monoisotopic (exact) mass is 680 g/mol. The third kappa shape index (κ3) is 5.45. The smallest absolute Gasteiger partial charge is 0.227 e. The highest BCUT2D eigenvalue weighted by Gasteiger charge is 2.23. The fourth-order valence-electron chi connectivity index (χ4n) is 7.39. The maximum atomic E-state index is 6.60. The van der Waals surface area contributed by atoms with Gasteiger partial charge in [-0.05, 0) is 82.9 Å². The molecule has 53 heavy (non-hydrogen) atoms. The van der Waals surface area contributed by atoms with Crippen LogP contribution in [0.4, 0.5) is 17.1 Å². The maximum absolute atomic E-state index is 6.60. The predicted octanol–water partition coefficient (Wildman–Crippen LogP) is 13.9. The maximum Gasteiger partial charge on any atom is 0.227 e. The van der Waals surface area contributed by atoms with E-state index in [4.69, 9.17) is 13.8 Å². The lowest BCUT2D eigenvalue weighted by molar-refractivity contribution is 0.620. The van der Waals surface area contributed by atoms with E-state index in [9.17, 15) is 0 Å². The Morgan fingerprint density at radius 2 is 0.981 bits per heavy atom. The molecule has 0 atom stereocenters. The molecule has 0 aliphatic heterocycles. The standard InChI is InChI=1S/C49H32N2O2/c1-5-15-33(16-6-1)37-27-30-43(41(31-37)34-17-7-2-8-18-34)51(38-21-11-4-12-22-38)39-28-25-35(26-29-39)46-47-45(53-49(50-47)36-19-9-3-10-20-36)32-42-40-23-13-14-24-44(40)52-48(42)46/h1-32H. The molecule has 10 rings (SSSR count). The molecule has 0 N–H and O–H groups in total. The number of aromatic nitrogens is 1. The van der Waals surface area contributed by atoms with E-state index in [1.165, 1.54) is 11.1 Å². The van der Waals surface area contributed by atoms with Crippen molar-refractivity contribution in [2.75, 3.05) is 4.90 Å². The largest absolute Gasteiger partial charge is 0.455 e. The SMILES string of the molecule is c1ccc(-c2ccc(N(c3ccccc3)c3ccc(-c4c5nc(-c6ccccc6)oc5cc5c4oc4ccccc45)cc3)c(-c3ccccc3)c2)cc1. The Kier molecular flexibility index (Phi) is 7.43. The molecule has 0 amide bonds. The molecule has 0 saturated carbocycles. The van der Waals surface area contributed by atoms with E-state index in [1.54, 1.807) is 0 Å². The van der Waals surface area contributed by atoms with Crippen molar-refractivity contribution in [3.05, 3.63) is 194 Å². The summed E-state index contributed by atoms with van der Waals surface area (Å²) in [5.41, 5.74) is 13.8. The zero-order chi connectivity index (χ0) is 35.1. The van der Waals surface area contributed by atoms with Gasteiger partial charge in [0.25, 0.3) is 0 Å². The molecule has 0 unspecified atom stereocenters. The van der Waals surface area contributed by atoms with Crippen LogP contribution in [0, 0.1) is 0 Å². The molecule has 2 heterocycles. The summed E-state index contributed by atoms with van der Waals surface area (Å²) >= 11 is 0. The highest BCUT2D eigenvalue weighted by atomic mass is 16.4. The Morgan fingerprint density at radius 1 is 0.396 bits per heavy atom. The van der Waals surface area contributed by atoms with Gasteiger partial charge in [0, 0.05) is 33.3 Å². The first kappa shape index (κ1) is 30.6. The van der Waals surface area contributed by atoms with E-state index in [2.05, 4.69) is 150 Å². The Morgan fingerprint density at radius 3 is 1.70 bits per heavy atom. The number of benzene rings is 8. The summed E-state index contributed by atoms with van der Waals surface area (Å²) in [5.74, 6) is 0.582. The quantitative estimate of drug-likeness (QED) is 0.168. The summed E-state index contributed by atoms with van der Waals surface area (Å²) in [5, 5.41) is 2.04. The van der Waals surface area contributed by atoms with Crippen molar-refractivity contribution in [1.29, 1.82) is 0 Å². The molecule has 0 spiro atoms. The average Bonchev–Trinajstić information content (AvgIpc) is 3.83. The third-order valence-electron chi connectivity index (χ3n) is 9.91. The Bertz CT molecular complexity index is 2860. The van der Waals surface area contributed by atoms with Crippen molar-refractivity contribution in [2.45, 2.75) is 0 Å². The lowest BCUT2D eigenvalue weighted by atomic mass is 9.96. The van der Waals surface area contributed by atoms with Crippen molar-refractivity contribution in [3.63, 3.8) is 0 Å². The molecular formula is C49H32N2O2. The zero-order valence-corrected chi connectivity index (χ0v) is 28.7. The molecule has 0 saturated heterocycles. The highest BCUT2D eigenvalue weighted by molar-refractivity contribution is 6.16. The summed E-state index contributed by atoms with van der Waals surface area (Å²) in [6, 6.07) is 67.5. The van der Waals surface area contributed by atoms with Gasteiger partial charge in [-0.25, -0.2) is 4.98 Å². The topological polar surface area (TPSA) is 42.4 Å². The number of fused-ring (bicyclic) bond motifs is 4. The van der Waals surface area contributed by atoms with Gasteiger partial charge in [-0.2, -0.15) is 0 Å². The summed E-state index contributed by atoms with van der Waals surface area (Å²) in [4.78, 5) is 7.41. The molecule has 0 radical (unpaired) electrons. The van der Waals surface area contributed by atoms with Crippen LogP contribution in [-0.4, -0.2) is 4.98 Å². The minimum Gasteiger partial charge on any atom is -0.455 e. The highest BCUT2D eigenvalue weighted by Crippen LogP contribution is 2.45. The average molecular weight is 681 g/mol. The van der Waals surface area contributed by atoms with Gasteiger partial charge in [0.2, 0.25) is 5.89 Å². The second-order valence-corrected chi connectivity index (χ2v) is 13.1. The molecule has 4 nitrogen and oxygen atoms in total. The molecule has 4 heteroatoms. The first-order chi connectivity index (χ1) is 26.3. The van der Waals surface area contributed by atoms with Crippen LogP contribution in [0.15, 0.2) is 203 Å². The second kappa shape index (κ2) is 12.9. The first-order valence-corrected chi connectivity index (χ1v) is 17.8. The summed E-state index contributed by atoms with van der Waals surface area (Å²) in [6.45, 7) is 0. The number of hydrogen-bond acceptors (Lipinski definition) is 4. The van der Waals surface area contributed by atoms with Crippen LogP contribution >= 0.6 is 0 Å². The number of rotatable bonds is 7. The molecule has 8 aromatic carbocycles. The van der Waals surface area contributed by atoms with Crippen molar-refractivity contribution >= 4 is 50.1 Å². The number of nitrogens with zero attached hydrogens (tertiary/aromatic N) is 2. The van der Waals surface area contributed by atoms with Gasteiger partial charge in [0.1, 0.15) is 16.7 Å². The Hall–Kier alpha value is -7.17. The van der Waals surface area contributed by atoms with Gasteiger partial charge in [-0.3, -0.25) is 0 Å². The van der Waals surface area contributed by atoms with Crippen LogP contribution in [0.1, 0.15) is 0 Å². The number of furan rings is 1. The third-order valence-corrected chi connectivity index (χ3v) is 9.91. The van der Waals surface area contributed by atoms with Crippen LogP contribution in [0.3, 0.4) is 0 Å². The number of anilines is 3. The van der Waals surface area contributed by atoms with Crippen LogP contribution in [0.25, 0.3) is 77.9 Å². The van der Waals surface area contributed by atoms with Crippen molar-refractivity contribution in [2.24, 2.45) is 0 Å². The lowest BCUT2D eigenvalue weighted by Crippen LogP contribution is -2.11. The van der Waals surface area contributed by atoms with E-state index in [1.807, 2.05) is 48.5 Å². The molecule has 10 aromatic rings. The van der Waals surface area contributed by atoms with E-state index in [0.29, 0.717) is 5.89 Å². The van der Waals surface area contributed by atoms with Gasteiger partial charge in [0.05, 0.1) is 11.3 Å². The number of hydrogen-bond donors (Lipinski definition) is 0. The van der Waals surface area contributed by atoms with Gasteiger partial charge in [-0.1, -0.05) is 133 Å². The molecular weight excluding hydrogens is 649 g/mol. The Labute approximate surface area is 306 Å². The van der Waals surface area contributed by atoms with Crippen molar-refractivity contribution in [3.8, 4) is 44.8 Å².